The molecule has 2 unspecified atom stereocenters. The summed E-state index contributed by atoms with van der Waals surface area (Å²) in [5.41, 5.74) is 0. The number of carboxylic acid groups (broad SMARTS) is 1. The van der Waals surface area contributed by atoms with Crippen LogP contribution in [0.3, 0.4) is 0 Å². The summed E-state index contributed by atoms with van der Waals surface area (Å²) in [6.07, 6.45) is 2.23. The van der Waals surface area contributed by atoms with Crippen molar-refractivity contribution in [1.29, 1.82) is 0 Å². The Kier molecular flexibility index (Phi) is 5.22. The van der Waals surface area contributed by atoms with E-state index in [9.17, 15) is 4.79 Å². The van der Waals surface area contributed by atoms with Gasteiger partial charge in [-0.25, -0.2) is 0 Å². The molecule has 0 bridgehead atoms. The predicted molar refractivity (Wildman–Crippen MR) is 64.6 cm³/mol. The number of carbonyl (C=O) groups is 1. The predicted octanol–water partition coefficient (Wildman–Crippen LogP) is 1.12. The summed E-state index contributed by atoms with van der Waals surface area (Å²) in [5.74, 6) is -0.954. The molecule has 94 valence electrons. The molecule has 4 nitrogen and oxygen atoms in total. The lowest BCUT2D eigenvalue weighted by Gasteiger charge is -2.31. The molecule has 1 aliphatic heterocycles. The first-order valence-corrected chi connectivity index (χ1v) is 6.20. The quantitative estimate of drug-likeness (QED) is 0.783. The van der Waals surface area contributed by atoms with Gasteiger partial charge in [-0.3, -0.25) is 9.69 Å². The maximum atomic E-state index is 10.9. The molecule has 1 aliphatic rings. The van der Waals surface area contributed by atoms with E-state index in [1.807, 2.05) is 0 Å². The van der Waals surface area contributed by atoms with Crippen molar-refractivity contribution in [2.24, 2.45) is 5.92 Å². The van der Waals surface area contributed by atoms with Crippen LogP contribution < -0.4 is 0 Å². The van der Waals surface area contributed by atoms with Crippen molar-refractivity contribution in [2.75, 3.05) is 33.2 Å². The van der Waals surface area contributed by atoms with Crippen LogP contribution in [0, 0.1) is 5.92 Å². The first kappa shape index (κ1) is 13.5. The van der Waals surface area contributed by atoms with Gasteiger partial charge >= 0.3 is 5.97 Å². The third kappa shape index (κ3) is 3.76. The highest BCUT2D eigenvalue weighted by Crippen LogP contribution is 2.14. The molecule has 0 saturated carbocycles. The number of likely N-dealkylation sites (N-methyl/N-ethyl adjacent to an activating group) is 1. The molecule has 1 N–H and O–H groups in total. The van der Waals surface area contributed by atoms with Crippen LogP contribution in [0.2, 0.25) is 0 Å². The molecule has 0 aromatic heterocycles. The average Bonchev–Trinajstić information content (AvgIpc) is 2.40. The van der Waals surface area contributed by atoms with Crippen LogP contribution in [-0.4, -0.2) is 60.1 Å². The first-order valence-electron chi connectivity index (χ1n) is 6.20. The summed E-state index contributed by atoms with van der Waals surface area (Å²) in [4.78, 5) is 15.6. The zero-order chi connectivity index (χ0) is 12.1. The van der Waals surface area contributed by atoms with E-state index in [1.165, 1.54) is 0 Å². The van der Waals surface area contributed by atoms with Crippen LogP contribution in [0.15, 0.2) is 0 Å². The summed E-state index contributed by atoms with van der Waals surface area (Å²) in [7, 11) is 2.15. The highest BCUT2D eigenvalue weighted by atomic mass is 16.4. The van der Waals surface area contributed by atoms with E-state index < -0.39 is 5.97 Å². The van der Waals surface area contributed by atoms with E-state index in [-0.39, 0.29) is 5.92 Å². The lowest BCUT2D eigenvalue weighted by Crippen LogP contribution is -2.43. The summed E-state index contributed by atoms with van der Waals surface area (Å²) in [6, 6.07) is 0.509. The Morgan fingerprint density at radius 2 is 2.19 bits per heavy atom. The molecule has 1 saturated heterocycles. The number of hydrogen-bond donors (Lipinski definition) is 1. The molecule has 1 heterocycles. The Bertz CT molecular complexity index is 233. The molecule has 0 spiro atoms. The summed E-state index contributed by atoms with van der Waals surface area (Å²) >= 11 is 0. The normalized spacial score (nSPS) is 26.3. The van der Waals surface area contributed by atoms with Gasteiger partial charge in [-0.05, 0) is 33.0 Å². The van der Waals surface area contributed by atoms with Crippen molar-refractivity contribution in [3.05, 3.63) is 0 Å². The minimum absolute atomic E-state index is 0.266. The largest absolute Gasteiger partial charge is 0.481 e. The third-order valence-electron chi connectivity index (χ3n) is 3.43. The molecular weight excluding hydrogens is 204 g/mol. The Morgan fingerprint density at radius 1 is 1.50 bits per heavy atom. The number of aliphatic carboxylic acids is 1. The smallest absolute Gasteiger partial charge is 0.307 e. The number of nitrogens with zero attached hydrogens (tertiary/aromatic N) is 2. The molecule has 1 fully saturated rings. The van der Waals surface area contributed by atoms with Gasteiger partial charge in [-0.15, -0.1) is 0 Å². The standard InChI is InChI=1S/C12H24N2O2/c1-4-11-9-13(3)6-5-7-14(11)8-10(2)12(15)16/h10-11H,4-9H2,1-3H3,(H,15,16). The minimum Gasteiger partial charge on any atom is -0.481 e. The second-order valence-corrected chi connectivity index (χ2v) is 4.91. The highest BCUT2D eigenvalue weighted by molar-refractivity contribution is 5.69. The Balaban J connectivity index is 2.57. The van der Waals surface area contributed by atoms with E-state index in [1.54, 1.807) is 6.92 Å². The van der Waals surface area contributed by atoms with Crippen LogP contribution >= 0.6 is 0 Å². The zero-order valence-corrected chi connectivity index (χ0v) is 10.6. The third-order valence-corrected chi connectivity index (χ3v) is 3.43. The van der Waals surface area contributed by atoms with Gasteiger partial charge < -0.3 is 10.0 Å². The van der Waals surface area contributed by atoms with Gasteiger partial charge in [0.25, 0.3) is 0 Å². The summed E-state index contributed by atoms with van der Waals surface area (Å²) in [5, 5.41) is 8.96. The van der Waals surface area contributed by atoms with Gasteiger partial charge in [0.05, 0.1) is 5.92 Å². The summed E-state index contributed by atoms with van der Waals surface area (Å²) < 4.78 is 0. The molecule has 0 amide bonds. The molecule has 0 aromatic carbocycles. The second kappa shape index (κ2) is 6.21. The lowest BCUT2D eigenvalue weighted by atomic mass is 10.1. The molecule has 1 rings (SSSR count). The maximum absolute atomic E-state index is 10.9. The molecular formula is C12H24N2O2. The number of hydrogen-bond acceptors (Lipinski definition) is 3. The number of carboxylic acids is 1. The molecule has 2 atom stereocenters. The number of rotatable bonds is 4. The van der Waals surface area contributed by atoms with Crippen molar-refractivity contribution < 1.29 is 9.90 Å². The van der Waals surface area contributed by atoms with E-state index in [0.29, 0.717) is 12.6 Å². The molecule has 0 aliphatic carbocycles. The van der Waals surface area contributed by atoms with Crippen LogP contribution in [0.25, 0.3) is 0 Å². The van der Waals surface area contributed by atoms with Crippen LogP contribution in [-0.2, 0) is 4.79 Å². The average molecular weight is 228 g/mol. The van der Waals surface area contributed by atoms with Crippen LogP contribution in [0.5, 0.6) is 0 Å². The topological polar surface area (TPSA) is 43.8 Å². The first-order chi connectivity index (χ1) is 7.54. The van der Waals surface area contributed by atoms with E-state index in [4.69, 9.17) is 5.11 Å². The molecule has 4 heteroatoms. The van der Waals surface area contributed by atoms with Gasteiger partial charge in [-0.1, -0.05) is 13.8 Å². The second-order valence-electron chi connectivity index (χ2n) is 4.91. The zero-order valence-electron chi connectivity index (χ0n) is 10.6. The molecule has 0 radical (unpaired) electrons. The van der Waals surface area contributed by atoms with Crippen LogP contribution in [0.1, 0.15) is 26.7 Å². The van der Waals surface area contributed by atoms with Gasteiger partial charge in [0, 0.05) is 19.1 Å². The fourth-order valence-electron chi connectivity index (χ4n) is 2.35. The van der Waals surface area contributed by atoms with Gasteiger partial charge in [0.2, 0.25) is 0 Å². The van der Waals surface area contributed by atoms with E-state index in [2.05, 4.69) is 23.8 Å². The Hall–Kier alpha value is -0.610. The maximum Gasteiger partial charge on any atom is 0.307 e. The van der Waals surface area contributed by atoms with Gasteiger partial charge in [-0.2, -0.15) is 0 Å². The summed E-state index contributed by atoms with van der Waals surface area (Å²) in [6.45, 7) is 7.87. The van der Waals surface area contributed by atoms with Crippen molar-refractivity contribution in [3.63, 3.8) is 0 Å². The van der Waals surface area contributed by atoms with E-state index >= 15 is 0 Å². The lowest BCUT2D eigenvalue weighted by molar-refractivity contribution is -0.141. The Labute approximate surface area is 98.2 Å². The minimum atomic E-state index is -0.688. The molecule has 16 heavy (non-hydrogen) atoms. The van der Waals surface area contributed by atoms with Gasteiger partial charge in [0.1, 0.15) is 0 Å². The SMILES string of the molecule is CCC1CN(C)CCCN1CC(C)C(=O)O. The van der Waals surface area contributed by atoms with Crippen molar-refractivity contribution >= 4 is 5.97 Å². The fourth-order valence-corrected chi connectivity index (χ4v) is 2.35. The van der Waals surface area contributed by atoms with Gasteiger partial charge in [0.15, 0.2) is 0 Å². The van der Waals surface area contributed by atoms with E-state index in [0.717, 1.165) is 32.5 Å². The van der Waals surface area contributed by atoms with Crippen LogP contribution in [0.4, 0.5) is 0 Å². The monoisotopic (exact) mass is 228 g/mol. The van der Waals surface area contributed by atoms with Crippen molar-refractivity contribution in [3.8, 4) is 0 Å². The fraction of sp³-hybridized carbons (Fsp3) is 0.917. The van der Waals surface area contributed by atoms with Crippen molar-refractivity contribution in [1.82, 2.24) is 9.80 Å². The Morgan fingerprint density at radius 3 is 2.75 bits per heavy atom. The highest BCUT2D eigenvalue weighted by Gasteiger charge is 2.25. The molecule has 0 aromatic rings. The van der Waals surface area contributed by atoms with Crippen molar-refractivity contribution in [2.45, 2.75) is 32.7 Å².